The highest BCUT2D eigenvalue weighted by Gasteiger charge is 1.77. The van der Waals surface area contributed by atoms with E-state index in [1.807, 2.05) is 38.2 Å². The summed E-state index contributed by atoms with van der Waals surface area (Å²) in [6.45, 7) is 4.68. The number of allylic oxidation sites excluding steroid dienone is 3. The maximum atomic E-state index is 4.81. The first-order valence-corrected chi connectivity index (χ1v) is 3.70. The van der Waals surface area contributed by atoms with E-state index in [0.29, 0.717) is 0 Å². The average molecular weight is 155 g/mol. The third kappa shape index (κ3) is 7.37. The molecule has 0 aromatic carbocycles. The van der Waals surface area contributed by atoms with Gasteiger partial charge in [-0.25, -0.2) is 0 Å². The third-order valence-corrected chi connectivity index (χ3v) is 1.05. The first kappa shape index (κ1) is 9.37. The van der Waals surface area contributed by atoms with Crippen molar-refractivity contribution in [2.24, 2.45) is 0 Å². The molecule has 0 spiro atoms. The molecule has 0 bridgehead atoms. The topological polar surface area (TPSA) is 12.0 Å². The number of hydrogen-bond acceptors (Lipinski definition) is 1. The van der Waals surface area contributed by atoms with E-state index in [0.717, 1.165) is 11.5 Å². The first-order chi connectivity index (χ1) is 4.77. The lowest BCUT2D eigenvalue weighted by Crippen LogP contribution is -2.17. The summed E-state index contributed by atoms with van der Waals surface area (Å²) in [5.41, 5.74) is 0. The van der Waals surface area contributed by atoms with Crippen molar-refractivity contribution in [1.82, 2.24) is 5.32 Å². The second-order valence-electron chi connectivity index (χ2n) is 1.89. The van der Waals surface area contributed by atoms with Gasteiger partial charge in [-0.15, -0.1) is 0 Å². The Kier molecular flexibility index (Phi) is 6.08. The molecule has 1 N–H and O–H groups in total. The number of rotatable bonds is 3. The fourth-order valence-electron chi connectivity index (χ4n) is 0.460. The van der Waals surface area contributed by atoms with E-state index >= 15 is 0 Å². The lowest BCUT2D eigenvalue weighted by Gasteiger charge is -1.95. The van der Waals surface area contributed by atoms with Crippen molar-refractivity contribution in [1.29, 1.82) is 0 Å². The zero-order valence-corrected chi connectivity index (χ0v) is 7.24. The Balaban J connectivity index is 3.27. The Bertz CT molecular complexity index is 147. The van der Waals surface area contributed by atoms with Gasteiger partial charge in [0.1, 0.15) is 0 Å². The van der Waals surface area contributed by atoms with Crippen molar-refractivity contribution in [2.45, 2.75) is 13.8 Å². The van der Waals surface area contributed by atoms with E-state index in [-0.39, 0.29) is 0 Å². The molecule has 0 saturated heterocycles. The van der Waals surface area contributed by atoms with Crippen LogP contribution in [0, 0.1) is 0 Å². The summed E-state index contributed by atoms with van der Waals surface area (Å²) in [6, 6.07) is 0. The predicted octanol–water partition coefficient (Wildman–Crippen LogP) is 2.06. The van der Waals surface area contributed by atoms with Crippen molar-refractivity contribution >= 4 is 17.2 Å². The van der Waals surface area contributed by atoms with Crippen molar-refractivity contribution in [2.75, 3.05) is 6.54 Å². The Hall–Kier alpha value is -0.630. The fraction of sp³-hybridized carbons (Fsp3) is 0.375. The summed E-state index contributed by atoms with van der Waals surface area (Å²) >= 11 is 4.81. The highest BCUT2D eigenvalue weighted by molar-refractivity contribution is 7.80. The molecule has 2 heteroatoms. The zero-order chi connectivity index (χ0) is 7.82. The number of thiocarbonyl (C=S) groups is 1. The monoisotopic (exact) mass is 155 g/mol. The van der Waals surface area contributed by atoms with Gasteiger partial charge in [-0.2, -0.15) is 0 Å². The van der Waals surface area contributed by atoms with Crippen molar-refractivity contribution in [3.05, 3.63) is 24.3 Å². The molecule has 0 aromatic rings. The molecule has 1 nitrogen and oxygen atoms in total. The van der Waals surface area contributed by atoms with Crippen LogP contribution < -0.4 is 5.32 Å². The summed E-state index contributed by atoms with van der Waals surface area (Å²) in [5.74, 6) is 0. The van der Waals surface area contributed by atoms with Crippen molar-refractivity contribution < 1.29 is 0 Å². The first-order valence-electron chi connectivity index (χ1n) is 3.29. The van der Waals surface area contributed by atoms with Crippen LogP contribution in [0.4, 0.5) is 0 Å². The van der Waals surface area contributed by atoms with Gasteiger partial charge in [-0.1, -0.05) is 36.5 Å². The predicted molar refractivity (Wildman–Crippen MR) is 50.2 cm³/mol. The molecule has 0 heterocycles. The molecule has 0 fully saturated rings. The maximum Gasteiger partial charge on any atom is 0.0724 e. The molecule has 0 aliphatic carbocycles. The standard InChI is InChI=1S/C8H13NS/c1-3-4-5-6-7-9-8(2)10/h3-6H,7H2,1-2H3,(H,9,10)/b4-3-,6-5-. The van der Waals surface area contributed by atoms with E-state index in [9.17, 15) is 0 Å². The van der Waals surface area contributed by atoms with Gasteiger partial charge >= 0.3 is 0 Å². The largest absolute Gasteiger partial charge is 0.376 e. The molecule has 0 amide bonds. The molecule has 0 aromatic heterocycles. The van der Waals surface area contributed by atoms with Crippen LogP contribution in [0.5, 0.6) is 0 Å². The van der Waals surface area contributed by atoms with Gasteiger partial charge in [-0.3, -0.25) is 0 Å². The minimum atomic E-state index is 0.819. The van der Waals surface area contributed by atoms with Crippen LogP contribution in [-0.4, -0.2) is 11.5 Å². The minimum absolute atomic E-state index is 0.819. The van der Waals surface area contributed by atoms with Gasteiger partial charge in [0.15, 0.2) is 0 Å². The molecule has 0 radical (unpaired) electrons. The van der Waals surface area contributed by atoms with Crippen LogP contribution >= 0.6 is 12.2 Å². The van der Waals surface area contributed by atoms with Gasteiger partial charge < -0.3 is 5.32 Å². The summed E-state index contributed by atoms with van der Waals surface area (Å²) < 4.78 is 0. The quantitative estimate of drug-likeness (QED) is 0.494. The minimum Gasteiger partial charge on any atom is -0.376 e. The molecular weight excluding hydrogens is 142 g/mol. The fourth-order valence-corrected chi connectivity index (χ4v) is 0.544. The Morgan fingerprint density at radius 2 is 2.20 bits per heavy atom. The van der Waals surface area contributed by atoms with E-state index in [2.05, 4.69) is 5.32 Å². The van der Waals surface area contributed by atoms with Gasteiger partial charge in [0.2, 0.25) is 0 Å². The van der Waals surface area contributed by atoms with Crippen molar-refractivity contribution in [3.63, 3.8) is 0 Å². The molecule has 0 aliphatic rings. The Morgan fingerprint density at radius 3 is 2.70 bits per heavy atom. The Morgan fingerprint density at radius 1 is 1.50 bits per heavy atom. The molecule has 10 heavy (non-hydrogen) atoms. The summed E-state index contributed by atoms with van der Waals surface area (Å²) in [5, 5.41) is 3.02. The van der Waals surface area contributed by atoms with Crippen LogP contribution in [-0.2, 0) is 0 Å². The molecule has 0 rings (SSSR count). The van der Waals surface area contributed by atoms with Crippen LogP contribution in [0.15, 0.2) is 24.3 Å². The molecule has 0 saturated carbocycles. The molecular formula is C8H13NS. The van der Waals surface area contributed by atoms with Crippen LogP contribution in [0.1, 0.15) is 13.8 Å². The van der Waals surface area contributed by atoms with Gasteiger partial charge in [0, 0.05) is 6.54 Å². The molecule has 0 atom stereocenters. The molecule has 56 valence electrons. The van der Waals surface area contributed by atoms with E-state index in [1.54, 1.807) is 0 Å². The van der Waals surface area contributed by atoms with Crippen LogP contribution in [0.25, 0.3) is 0 Å². The highest BCUT2D eigenvalue weighted by atomic mass is 32.1. The van der Waals surface area contributed by atoms with Crippen LogP contribution in [0.3, 0.4) is 0 Å². The smallest absolute Gasteiger partial charge is 0.0724 e. The molecule has 0 aliphatic heterocycles. The second-order valence-corrected chi connectivity index (χ2v) is 2.50. The number of hydrogen-bond donors (Lipinski definition) is 1. The third-order valence-electron chi connectivity index (χ3n) is 0.909. The van der Waals surface area contributed by atoms with Gasteiger partial charge in [0.25, 0.3) is 0 Å². The summed E-state index contributed by atoms with van der Waals surface area (Å²) in [4.78, 5) is 0.838. The lowest BCUT2D eigenvalue weighted by molar-refractivity contribution is 1.06. The zero-order valence-electron chi connectivity index (χ0n) is 6.42. The SMILES string of the molecule is C/C=C\C=C/CNC(C)=S. The Labute approximate surface area is 67.8 Å². The highest BCUT2D eigenvalue weighted by Crippen LogP contribution is 1.75. The van der Waals surface area contributed by atoms with E-state index < -0.39 is 0 Å². The normalized spacial score (nSPS) is 11.0. The van der Waals surface area contributed by atoms with Gasteiger partial charge in [-0.05, 0) is 13.8 Å². The number of nitrogens with one attached hydrogen (secondary N) is 1. The average Bonchev–Trinajstić information content (AvgIpc) is 1.87. The van der Waals surface area contributed by atoms with E-state index in [1.165, 1.54) is 0 Å². The second kappa shape index (κ2) is 6.49. The van der Waals surface area contributed by atoms with Gasteiger partial charge in [0.05, 0.1) is 4.99 Å². The van der Waals surface area contributed by atoms with E-state index in [4.69, 9.17) is 12.2 Å². The summed E-state index contributed by atoms with van der Waals surface area (Å²) in [7, 11) is 0. The van der Waals surface area contributed by atoms with Crippen molar-refractivity contribution in [3.8, 4) is 0 Å². The lowest BCUT2D eigenvalue weighted by atomic mass is 10.4. The maximum absolute atomic E-state index is 4.81. The molecule has 0 unspecified atom stereocenters. The summed E-state index contributed by atoms with van der Waals surface area (Å²) in [6.07, 6.45) is 7.99. The van der Waals surface area contributed by atoms with Crippen LogP contribution in [0.2, 0.25) is 0 Å².